The maximum absolute atomic E-state index is 12.3. The van der Waals surface area contributed by atoms with Crippen LogP contribution in [0.1, 0.15) is 23.1 Å². The first kappa shape index (κ1) is 17.1. The minimum absolute atomic E-state index is 0.184. The number of carbonyl (C=O) groups is 1. The topological polar surface area (TPSA) is 23.6 Å². The van der Waals surface area contributed by atoms with Crippen LogP contribution in [0.25, 0.3) is 0 Å². The molecule has 1 amide bonds. The molecule has 2 aromatic rings. The smallest absolute Gasteiger partial charge is 0.222 e. The Labute approximate surface area is 139 Å². The highest BCUT2D eigenvalue weighted by Crippen LogP contribution is 2.14. The highest BCUT2D eigenvalue weighted by Gasteiger charge is 2.09. The Morgan fingerprint density at radius 3 is 2.26 bits per heavy atom. The molecule has 0 aliphatic carbocycles. The van der Waals surface area contributed by atoms with Gasteiger partial charge in [-0.2, -0.15) is 0 Å². The van der Waals surface area contributed by atoms with Crippen molar-refractivity contribution in [1.29, 1.82) is 0 Å². The monoisotopic (exact) mass is 310 g/mol. The van der Waals surface area contributed by atoms with Gasteiger partial charge in [-0.1, -0.05) is 42.0 Å². The zero-order valence-corrected chi connectivity index (χ0v) is 14.5. The van der Waals surface area contributed by atoms with Crippen LogP contribution in [-0.2, 0) is 17.8 Å². The van der Waals surface area contributed by atoms with Crippen LogP contribution in [0.2, 0.25) is 0 Å². The number of amides is 1. The van der Waals surface area contributed by atoms with E-state index in [-0.39, 0.29) is 5.91 Å². The van der Waals surface area contributed by atoms with E-state index in [1.54, 1.807) is 4.90 Å². The van der Waals surface area contributed by atoms with Crippen molar-refractivity contribution in [1.82, 2.24) is 4.90 Å². The first-order chi connectivity index (χ1) is 11.0. The Kier molecular flexibility index (Phi) is 5.80. The van der Waals surface area contributed by atoms with Gasteiger partial charge < -0.3 is 9.80 Å². The Hall–Kier alpha value is -2.29. The summed E-state index contributed by atoms with van der Waals surface area (Å²) in [6, 6.07) is 16.7. The molecule has 3 nitrogen and oxygen atoms in total. The van der Waals surface area contributed by atoms with Gasteiger partial charge in [0.15, 0.2) is 0 Å². The normalized spacial score (nSPS) is 10.4. The summed E-state index contributed by atoms with van der Waals surface area (Å²) in [6.07, 6.45) is 1.35. The van der Waals surface area contributed by atoms with Crippen LogP contribution in [0, 0.1) is 6.92 Å². The van der Waals surface area contributed by atoms with E-state index < -0.39 is 0 Å². The van der Waals surface area contributed by atoms with Gasteiger partial charge in [0.05, 0.1) is 0 Å². The van der Waals surface area contributed by atoms with Crippen LogP contribution in [0.3, 0.4) is 0 Å². The minimum atomic E-state index is 0.184. The number of anilines is 1. The molecule has 0 spiro atoms. The Morgan fingerprint density at radius 1 is 0.957 bits per heavy atom. The van der Waals surface area contributed by atoms with Crippen LogP contribution in [0.4, 0.5) is 5.69 Å². The Morgan fingerprint density at radius 2 is 1.65 bits per heavy atom. The SMILES string of the molecule is Cc1cccc(CCC(=O)N(C)Cc2ccc(N(C)C)cc2)c1. The van der Waals surface area contributed by atoms with Crippen LogP contribution in [-0.4, -0.2) is 32.0 Å². The summed E-state index contributed by atoms with van der Waals surface area (Å²) in [5, 5.41) is 0. The van der Waals surface area contributed by atoms with Crippen molar-refractivity contribution in [3.63, 3.8) is 0 Å². The third-order valence-electron chi connectivity index (χ3n) is 4.01. The number of hydrogen-bond acceptors (Lipinski definition) is 2. The van der Waals surface area contributed by atoms with Crippen molar-refractivity contribution in [2.75, 3.05) is 26.0 Å². The molecule has 0 saturated heterocycles. The van der Waals surface area contributed by atoms with Gasteiger partial charge in [-0.25, -0.2) is 0 Å². The molecule has 0 unspecified atom stereocenters. The summed E-state index contributed by atoms with van der Waals surface area (Å²) in [5.41, 5.74) is 4.79. The average Bonchev–Trinajstić information content (AvgIpc) is 2.53. The lowest BCUT2D eigenvalue weighted by molar-refractivity contribution is -0.130. The molecule has 2 rings (SSSR count). The molecule has 23 heavy (non-hydrogen) atoms. The van der Waals surface area contributed by atoms with E-state index in [0.717, 1.165) is 12.0 Å². The van der Waals surface area contributed by atoms with Crippen molar-refractivity contribution in [3.05, 3.63) is 65.2 Å². The van der Waals surface area contributed by atoms with E-state index in [1.807, 2.05) is 27.2 Å². The standard InChI is InChI=1S/C20H26N2O/c1-16-6-5-7-17(14-16)10-13-20(23)22(4)15-18-8-11-19(12-9-18)21(2)3/h5-9,11-12,14H,10,13,15H2,1-4H3. The molecular formula is C20H26N2O. The minimum Gasteiger partial charge on any atom is -0.378 e. The van der Waals surface area contributed by atoms with Crippen LogP contribution >= 0.6 is 0 Å². The highest BCUT2D eigenvalue weighted by molar-refractivity contribution is 5.76. The number of nitrogens with zero attached hydrogens (tertiary/aromatic N) is 2. The van der Waals surface area contributed by atoms with Crippen LogP contribution in [0.15, 0.2) is 48.5 Å². The van der Waals surface area contributed by atoms with Gasteiger partial charge in [-0.05, 0) is 36.6 Å². The fourth-order valence-corrected chi connectivity index (χ4v) is 2.57. The fourth-order valence-electron chi connectivity index (χ4n) is 2.57. The van der Waals surface area contributed by atoms with E-state index in [2.05, 4.69) is 54.3 Å². The molecular weight excluding hydrogens is 284 g/mol. The van der Waals surface area contributed by atoms with Gasteiger partial charge >= 0.3 is 0 Å². The van der Waals surface area contributed by atoms with Gasteiger partial charge in [0.2, 0.25) is 5.91 Å². The second-order valence-corrected chi connectivity index (χ2v) is 6.30. The number of aryl methyl sites for hydroxylation is 2. The number of carbonyl (C=O) groups excluding carboxylic acids is 1. The zero-order valence-electron chi connectivity index (χ0n) is 14.5. The molecule has 0 radical (unpaired) electrons. The Bertz CT molecular complexity index is 647. The average molecular weight is 310 g/mol. The summed E-state index contributed by atoms with van der Waals surface area (Å²) in [7, 11) is 5.92. The van der Waals surface area contributed by atoms with Crippen LogP contribution < -0.4 is 4.90 Å². The lowest BCUT2D eigenvalue weighted by Gasteiger charge is -2.18. The van der Waals surface area contributed by atoms with E-state index in [0.29, 0.717) is 13.0 Å². The lowest BCUT2D eigenvalue weighted by Crippen LogP contribution is -2.26. The molecule has 0 atom stereocenters. The predicted molar refractivity (Wildman–Crippen MR) is 96.7 cm³/mol. The largest absolute Gasteiger partial charge is 0.378 e. The summed E-state index contributed by atoms with van der Waals surface area (Å²) in [6.45, 7) is 2.73. The van der Waals surface area contributed by atoms with Crippen LogP contribution in [0.5, 0.6) is 0 Å². The number of benzene rings is 2. The van der Waals surface area contributed by atoms with Gasteiger partial charge in [0.25, 0.3) is 0 Å². The van der Waals surface area contributed by atoms with Crippen molar-refractivity contribution < 1.29 is 4.79 Å². The summed E-state index contributed by atoms with van der Waals surface area (Å²) < 4.78 is 0. The molecule has 0 aliphatic heterocycles. The summed E-state index contributed by atoms with van der Waals surface area (Å²) in [5.74, 6) is 0.184. The van der Waals surface area contributed by atoms with Gasteiger partial charge in [-0.15, -0.1) is 0 Å². The molecule has 122 valence electrons. The molecule has 0 aliphatic rings. The quantitative estimate of drug-likeness (QED) is 0.813. The maximum atomic E-state index is 12.3. The second-order valence-electron chi connectivity index (χ2n) is 6.30. The van der Waals surface area contributed by atoms with E-state index in [1.165, 1.54) is 16.8 Å². The molecule has 0 bridgehead atoms. The lowest BCUT2D eigenvalue weighted by atomic mass is 10.1. The molecule has 0 fully saturated rings. The summed E-state index contributed by atoms with van der Waals surface area (Å²) in [4.78, 5) is 16.2. The molecule has 0 saturated carbocycles. The first-order valence-corrected chi connectivity index (χ1v) is 8.01. The molecule has 3 heteroatoms. The number of rotatable bonds is 6. The second kappa shape index (κ2) is 7.82. The van der Waals surface area contributed by atoms with Crippen molar-refractivity contribution >= 4 is 11.6 Å². The van der Waals surface area contributed by atoms with Crippen molar-refractivity contribution in [2.24, 2.45) is 0 Å². The third kappa shape index (κ3) is 5.13. The van der Waals surface area contributed by atoms with Gasteiger partial charge in [-0.3, -0.25) is 4.79 Å². The third-order valence-corrected chi connectivity index (χ3v) is 4.01. The molecule has 0 aromatic heterocycles. The van der Waals surface area contributed by atoms with E-state index in [4.69, 9.17) is 0 Å². The fraction of sp³-hybridized carbons (Fsp3) is 0.350. The Balaban J connectivity index is 1.87. The predicted octanol–water partition coefficient (Wildman–Crippen LogP) is 3.65. The van der Waals surface area contributed by atoms with Crippen molar-refractivity contribution in [2.45, 2.75) is 26.3 Å². The molecule has 0 heterocycles. The van der Waals surface area contributed by atoms with E-state index >= 15 is 0 Å². The van der Waals surface area contributed by atoms with Gasteiger partial charge in [0.1, 0.15) is 0 Å². The van der Waals surface area contributed by atoms with E-state index in [9.17, 15) is 4.79 Å². The zero-order chi connectivity index (χ0) is 16.8. The molecule has 0 N–H and O–H groups in total. The number of hydrogen-bond donors (Lipinski definition) is 0. The summed E-state index contributed by atoms with van der Waals surface area (Å²) >= 11 is 0. The van der Waals surface area contributed by atoms with Crippen molar-refractivity contribution in [3.8, 4) is 0 Å². The molecule has 2 aromatic carbocycles. The maximum Gasteiger partial charge on any atom is 0.222 e. The highest BCUT2D eigenvalue weighted by atomic mass is 16.2. The first-order valence-electron chi connectivity index (χ1n) is 8.01. The van der Waals surface area contributed by atoms with Gasteiger partial charge in [0, 0.05) is 39.8 Å².